The molecule has 2 rings (SSSR count). The van der Waals surface area contributed by atoms with Gasteiger partial charge in [0.2, 0.25) is 0 Å². The molecule has 1 fully saturated rings. The molecule has 112 valence electrons. The van der Waals surface area contributed by atoms with Crippen LogP contribution >= 0.6 is 11.6 Å². The highest BCUT2D eigenvalue weighted by Crippen LogP contribution is 2.43. The molecule has 0 saturated carbocycles. The maximum atomic E-state index is 6.32. The van der Waals surface area contributed by atoms with Gasteiger partial charge in [-0.15, -0.1) is 0 Å². The van der Waals surface area contributed by atoms with Gasteiger partial charge >= 0.3 is 0 Å². The molecule has 20 heavy (non-hydrogen) atoms. The van der Waals surface area contributed by atoms with Crippen LogP contribution in [0.4, 0.5) is 0 Å². The first kappa shape index (κ1) is 15.6. The maximum Gasteiger partial charge on any atom is 0.119 e. The summed E-state index contributed by atoms with van der Waals surface area (Å²) in [6.07, 6.45) is 0.950. The molecule has 1 aromatic carbocycles. The molecule has 0 amide bonds. The number of nitrogens with two attached hydrogens (primary N) is 1. The van der Waals surface area contributed by atoms with Crippen molar-refractivity contribution in [1.82, 2.24) is 0 Å². The van der Waals surface area contributed by atoms with Crippen molar-refractivity contribution >= 4 is 11.6 Å². The third-order valence-electron chi connectivity index (χ3n) is 3.92. The summed E-state index contributed by atoms with van der Waals surface area (Å²) in [6, 6.07) is 7.29. The highest BCUT2D eigenvalue weighted by molar-refractivity contribution is 6.30. The van der Waals surface area contributed by atoms with Crippen LogP contribution in [0.2, 0.25) is 5.02 Å². The van der Waals surface area contributed by atoms with E-state index in [1.165, 1.54) is 0 Å². The van der Waals surface area contributed by atoms with E-state index in [0.29, 0.717) is 11.6 Å². The lowest BCUT2D eigenvalue weighted by Crippen LogP contribution is -2.44. The first-order chi connectivity index (χ1) is 9.20. The second kappa shape index (κ2) is 5.55. The van der Waals surface area contributed by atoms with Gasteiger partial charge < -0.3 is 15.2 Å². The molecule has 0 spiro atoms. The minimum absolute atomic E-state index is 0.0533. The van der Waals surface area contributed by atoms with Crippen LogP contribution in [0.15, 0.2) is 24.3 Å². The number of hydrogen-bond donors (Lipinski definition) is 1. The SMILES string of the molecule is CC1(C)CC(C(N)COc2ccc(Cl)cc2)C(C)(C)O1. The van der Waals surface area contributed by atoms with Crippen LogP contribution in [0.1, 0.15) is 34.1 Å². The monoisotopic (exact) mass is 297 g/mol. The molecule has 1 aliphatic rings. The van der Waals surface area contributed by atoms with Crippen molar-refractivity contribution in [2.45, 2.75) is 51.4 Å². The van der Waals surface area contributed by atoms with E-state index in [4.69, 9.17) is 26.8 Å². The second-order valence-corrected chi connectivity index (χ2v) is 7.14. The van der Waals surface area contributed by atoms with E-state index in [1.807, 2.05) is 24.3 Å². The third-order valence-corrected chi connectivity index (χ3v) is 4.17. The minimum Gasteiger partial charge on any atom is -0.492 e. The molecule has 0 aliphatic carbocycles. The van der Waals surface area contributed by atoms with E-state index in [1.54, 1.807) is 0 Å². The summed E-state index contributed by atoms with van der Waals surface area (Å²) in [5.74, 6) is 1.07. The molecule has 1 aromatic rings. The molecule has 2 atom stereocenters. The van der Waals surface area contributed by atoms with Crippen LogP contribution in [0.5, 0.6) is 5.75 Å². The number of rotatable bonds is 4. The fraction of sp³-hybridized carbons (Fsp3) is 0.625. The van der Waals surface area contributed by atoms with Crippen molar-refractivity contribution in [1.29, 1.82) is 0 Å². The van der Waals surface area contributed by atoms with E-state index in [9.17, 15) is 0 Å². The van der Waals surface area contributed by atoms with Crippen molar-refractivity contribution in [3.63, 3.8) is 0 Å². The zero-order valence-electron chi connectivity index (χ0n) is 12.7. The van der Waals surface area contributed by atoms with Crippen LogP contribution in [0.25, 0.3) is 0 Å². The van der Waals surface area contributed by atoms with Gasteiger partial charge in [0.1, 0.15) is 12.4 Å². The van der Waals surface area contributed by atoms with E-state index < -0.39 is 0 Å². The van der Waals surface area contributed by atoms with Crippen LogP contribution in [0, 0.1) is 5.92 Å². The molecule has 4 heteroatoms. The standard InChI is InChI=1S/C16H24ClNO2/c1-15(2)9-13(16(3,4)20-15)14(18)10-19-12-7-5-11(17)6-8-12/h5-8,13-14H,9-10,18H2,1-4H3. The Hall–Kier alpha value is -0.770. The lowest BCUT2D eigenvalue weighted by Gasteiger charge is -2.30. The van der Waals surface area contributed by atoms with Gasteiger partial charge in [0.25, 0.3) is 0 Å². The van der Waals surface area contributed by atoms with Gasteiger partial charge in [0.15, 0.2) is 0 Å². The Morgan fingerprint density at radius 2 is 1.90 bits per heavy atom. The van der Waals surface area contributed by atoms with Gasteiger partial charge in [-0.05, 0) is 58.4 Å². The van der Waals surface area contributed by atoms with Crippen LogP contribution in [-0.2, 0) is 4.74 Å². The topological polar surface area (TPSA) is 44.5 Å². The molecule has 2 N–H and O–H groups in total. The molecule has 2 unspecified atom stereocenters. The quantitative estimate of drug-likeness (QED) is 0.923. The molecule has 3 nitrogen and oxygen atoms in total. The summed E-state index contributed by atoms with van der Waals surface area (Å²) in [4.78, 5) is 0. The Kier molecular flexibility index (Phi) is 4.33. The van der Waals surface area contributed by atoms with Crippen LogP contribution in [0.3, 0.4) is 0 Å². The summed E-state index contributed by atoms with van der Waals surface area (Å²) in [5, 5.41) is 0.703. The van der Waals surface area contributed by atoms with Gasteiger partial charge in [0.05, 0.1) is 11.2 Å². The van der Waals surface area contributed by atoms with Gasteiger partial charge in [-0.2, -0.15) is 0 Å². The average Bonchev–Trinajstić information content (AvgIpc) is 2.56. The third kappa shape index (κ3) is 3.66. The predicted octanol–water partition coefficient (Wildman–Crippen LogP) is 3.64. The van der Waals surface area contributed by atoms with Crippen molar-refractivity contribution in [2.24, 2.45) is 11.7 Å². The summed E-state index contributed by atoms with van der Waals surface area (Å²) in [7, 11) is 0. The first-order valence-corrected chi connectivity index (χ1v) is 7.41. The van der Waals surface area contributed by atoms with Crippen LogP contribution < -0.4 is 10.5 Å². The van der Waals surface area contributed by atoms with Gasteiger partial charge in [-0.3, -0.25) is 0 Å². The lowest BCUT2D eigenvalue weighted by atomic mass is 9.82. The Bertz CT molecular complexity index is 456. The summed E-state index contributed by atoms with van der Waals surface area (Å²) >= 11 is 5.85. The van der Waals surface area contributed by atoms with E-state index in [2.05, 4.69) is 27.7 Å². The molecular weight excluding hydrogens is 274 g/mol. The van der Waals surface area contributed by atoms with Gasteiger partial charge in [0, 0.05) is 17.0 Å². The normalized spacial score (nSPS) is 25.4. The number of benzene rings is 1. The van der Waals surface area contributed by atoms with Crippen LogP contribution in [-0.4, -0.2) is 23.9 Å². The fourth-order valence-corrected chi connectivity index (χ4v) is 3.24. The highest BCUT2D eigenvalue weighted by Gasteiger charge is 2.48. The second-order valence-electron chi connectivity index (χ2n) is 6.70. The summed E-state index contributed by atoms with van der Waals surface area (Å²) in [6.45, 7) is 8.92. The van der Waals surface area contributed by atoms with E-state index in [0.717, 1.165) is 12.2 Å². The van der Waals surface area contributed by atoms with Crippen molar-refractivity contribution < 1.29 is 9.47 Å². The first-order valence-electron chi connectivity index (χ1n) is 7.04. The average molecular weight is 298 g/mol. The Balaban J connectivity index is 1.95. The van der Waals surface area contributed by atoms with Gasteiger partial charge in [-0.1, -0.05) is 11.6 Å². The molecule has 1 aliphatic heterocycles. The fourth-order valence-electron chi connectivity index (χ4n) is 3.11. The predicted molar refractivity (Wildman–Crippen MR) is 82.3 cm³/mol. The van der Waals surface area contributed by atoms with Crippen molar-refractivity contribution in [3.8, 4) is 5.75 Å². The van der Waals surface area contributed by atoms with Crippen molar-refractivity contribution in [2.75, 3.05) is 6.61 Å². The maximum absolute atomic E-state index is 6.32. The van der Waals surface area contributed by atoms with Crippen molar-refractivity contribution in [3.05, 3.63) is 29.3 Å². The smallest absolute Gasteiger partial charge is 0.119 e. The van der Waals surface area contributed by atoms with E-state index >= 15 is 0 Å². The zero-order valence-corrected chi connectivity index (χ0v) is 13.4. The molecule has 1 heterocycles. The molecule has 0 bridgehead atoms. The Morgan fingerprint density at radius 1 is 1.30 bits per heavy atom. The Morgan fingerprint density at radius 3 is 2.40 bits per heavy atom. The molecule has 1 saturated heterocycles. The largest absolute Gasteiger partial charge is 0.492 e. The summed E-state index contributed by atoms with van der Waals surface area (Å²) in [5.41, 5.74) is 5.99. The molecule has 0 radical (unpaired) electrons. The summed E-state index contributed by atoms with van der Waals surface area (Å²) < 4.78 is 11.8. The van der Waals surface area contributed by atoms with E-state index in [-0.39, 0.29) is 23.2 Å². The molecule has 0 aromatic heterocycles. The minimum atomic E-state index is -0.216. The highest BCUT2D eigenvalue weighted by atomic mass is 35.5. The Labute approximate surface area is 126 Å². The number of halogens is 1. The molecular formula is C16H24ClNO2. The number of ether oxygens (including phenoxy) is 2. The van der Waals surface area contributed by atoms with Gasteiger partial charge in [-0.25, -0.2) is 0 Å². The lowest BCUT2D eigenvalue weighted by molar-refractivity contribution is -0.0775. The number of hydrogen-bond acceptors (Lipinski definition) is 3. The zero-order chi connectivity index (χ0) is 15.0.